The fraction of sp³-hybridized carbons (Fsp3) is 1.00. The summed E-state index contributed by atoms with van der Waals surface area (Å²) < 4.78 is 0. The first-order chi connectivity index (χ1) is 7.91. The summed E-state index contributed by atoms with van der Waals surface area (Å²) in [7, 11) is 0. The van der Waals surface area contributed by atoms with Gasteiger partial charge in [-0.15, -0.1) is 0 Å². The van der Waals surface area contributed by atoms with E-state index >= 15 is 0 Å². The molecule has 2 N–H and O–H groups in total. The van der Waals surface area contributed by atoms with Crippen molar-refractivity contribution < 1.29 is 0 Å². The molecule has 2 atom stereocenters. The molecule has 2 heteroatoms. The van der Waals surface area contributed by atoms with Gasteiger partial charge < -0.3 is 5.73 Å². The minimum Gasteiger partial charge on any atom is -0.326 e. The second-order valence-corrected chi connectivity index (χ2v) is 6.71. The number of rotatable bonds is 7. The zero-order valence-corrected chi connectivity index (χ0v) is 12.5. The van der Waals surface area contributed by atoms with E-state index in [-0.39, 0.29) is 5.41 Å². The summed E-state index contributed by atoms with van der Waals surface area (Å²) in [5.41, 5.74) is 6.68. The molecule has 0 aromatic heterocycles. The molecule has 2 unspecified atom stereocenters. The van der Waals surface area contributed by atoms with Gasteiger partial charge in [0.25, 0.3) is 0 Å². The molecule has 1 rings (SSSR count). The van der Waals surface area contributed by atoms with Gasteiger partial charge in [-0.3, -0.25) is 4.90 Å². The molecule has 1 aliphatic rings. The molecule has 1 fully saturated rings. The van der Waals surface area contributed by atoms with Crippen LogP contribution in [0.4, 0.5) is 0 Å². The van der Waals surface area contributed by atoms with E-state index in [0.717, 1.165) is 12.5 Å². The average Bonchev–Trinajstić information content (AvgIpc) is 3.05. The van der Waals surface area contributed by atoms with E-state index in [2.05, 4.69) is 39.5 Å². The highest BCUT2D eigenvalue weighted by Gasteiger charge is 2.41. The molecule has 102 valence electrons. The minimum absolute atomic E-state index is 0.283. The Bertz CT molecular complexity index is 215. The van der Waals surface area contributed by atoms with Crippen LogP contribution in [0.25, 0.3) is 0 Å². The SMILES string of the molecule is CCCCN(C1CC1)C(C(N)CC)C(C)(C)C. The number of hydrogen-bond donors (Lipinski definition) is 1. The number of nitrogens with two attached hydrogens (primary N) is 1. The Balaban J connectivity index is 2.76. The Kier molecular flexibility index (Phi) is 5.46. The standard InChI is InChI=1S/C15H32N2/c1-6-8-11-17(12-9-10-12)14(13(16)7-2)15(3,4)5/h12-14H,6-11,16H2,1-5H3. The Hall–Kier alpha value is -0.0800. The van der Waals surface area contributed by atoms with Gasteiger partial charge in [0.05, 0.1) is 0 Å². The highest BCUT2D eigenvalue weighted by Crippen LogP contribution is 2.36. The van der Waals surface area contributed by atoms with E-state index in [9.17, 15) is 0 Å². The van der Waals surface area contributed by atoms with Crippen LogP contribution in [-0.4, -0.2) is 29.6 Å². The van der Waals surface area contributed by atoms with Gasteiger partial charge in [0, 0.05) is 18.1 Å². The lowest BCUT2D eigenvalue weighted by atomic mass is 9.80. The maximum absolute atomic E-state index is 6.40. The predicted molar refractivity (Wildman–Crippen MR) is 76.1 cm³/mol. The van der Waals surface area contributed by atoms with Crippen molar-refractivity contribution in [1.29, 1.82) is 0 Å². The van der Waals surface area contributed by atoms with Crippen molar-refractivity contribution in [2.24, 2.45) is 11.1 Å². The third-order valence-corrected chi connectivity index (χ3v) is 3.91. The fourth-order valence-electron chi connectivity index (χ4n) is 2.90. The van der Waals surface area contributed by atoms with Gasteiger partial charge in [-0.2, -0.15) is 0 Å². The molecule has 1 saturated carbocycles. The summed E-state index contributed by atoms with van der Waals surface area (Å²) in [6.07, 6.45) is 6.43. The topological polar surface area (TPSA) is 29.3 Å². The van der Waals surface area contributed by atoms with Crippen LogP contribution in [0, 0.1) is 5.41 Å². The molecule has 0 bridgehead atoms. The van der Waals surface area contributed by atoms with E-state index in [4.69, 9.17) is 5.73 Å². The minimum atomic E-state index is 0.283. The lowest BCUT2D eigenvalue weighted by Crippen LogP contribution is -2.55. The molecule has 0 amide bonds. The maximum atomic E-state index is 6.40. The monoisotopic (exact) mass is 240 g/mol. The van der Waals surface area contributed by atoms with Crippen LogP contribution in [0.1, 0.15) is 66.7 Å². The van der Waals surface area contributed by atoms with Gasteiger partial charge in [-0.1, -0.05) is 41.0 Å². The molecule has 17 heavy (non-hydrogen) atoms. The van der Waals surface area contributed by atoms with Crippen molar-refractivity contribution in [3.63, 3.8) is 0 Å². The first-order valence-corrected chi connectivity index (χ1v) is 7.43. The summed E-state index contributed by atoms with van der Waals surface area (Å²) >= 11 is 0. The van der Waals surface area contributed by atoms with E-state index < -0.39 is 0 Å². The zero-order valence-electron chi connectivity index (χ0n) is 12.5. The summed E-state index contributed by atoms with van der Waals surface area (Å²) in [6, 6.07) is 1.67. The average molecular weight is 240 g/mol. The molecule has 0 aliphatic heterocycles. The molecular formula is C15H32N2. The number of nitrogens with zero attached hydrogens (tertiary/aromatic N) is 1. The summed E-state index contributed by atoms with van der Waals surface area (Å²) in [5, 5.41) is 0. The van der Waals surface area contributed by atoms with E-state index in [0.29, 0.717) is 12.1 Å². The molecule has 0 spiro atoms. The van der Waals surface area contributed by atoms with Crippen molar-refractivity contribution >= 4 is 0 Å². The maximum Gasteiger partial charge on any atom is 0.0298 e. The molecule has 0 aromatic rings. The smallest absolute Gasteiger partial charge is 0.0298 e. The van der Waals surface area contributed by atoms with Gasteiger partial charge in [-0.05, 0) is 37.6 Å². The lowest BCUT2D eigenvalue weighted by Gasteiger charge is -2.44. The second-order valence-electron chi connectivity index (χ2n) is 6.71. The molecule has 0 heterocycles. The Morgan fingerprint density at radius 2 is 1.82 bits per heavy atom. The Labute approximate surface area is 108 Å². The highest BCUT2D eigenvalue weighted by atomic mass is 15.2. The highest BCUT2D eigenvalue weighted by molar-refractivity contribution is 4.97. The van der Waals surface area contributed by atoms with Crippen LogP contribution in [-0.2, 0) is 0 Å². The first-order valence-electron chi connectivity index (χ1n) is 7.43. The molecular weight excluding hydrogens is 208 g/mol. The molecule has 0 radical (unpaired) electrons. The van der Waals surface area contributed by atoms with Crippen LogP contribution in [0.5, 0.6) is 0 Å². The molecule has 0 aromatic carbocycles. The Morgan fingerprint density at radius 1 is 1.24 bits per heavy atom. The third kappa shape index (κ3) is 4.26. The van der Waals surface area contributed by atoms with Gasteiger partial charge in [0.2, 0.25) is 0 Å². The van der Waals surface area contributed by atoms with Crippen LogP contribution in [0.15, 0.2) is 0 Å². The normalized spacial score (nSPS) is 20.6. The van der Waals surface area contributed by atoms with Gasteiger partial charge >= 0.3 is 0 Å². The van der Waals surface area contributed by atoms with Gasteiger partial charge in [0.15, 0.2) is 0 Å². The third-order valence-electron chi connectivity index (χ3n) is 3.91. The van der Waals surface area contributed by atoms with E-state index in [1.165, 1.54) is 32.2 Å². The van der Waals surface area contributed by atoms with Crippen molar-refractivity contribution in [2.75, 3.05) is 6.54 Å². The Morgan fingerprint density at radius 3 is 2.18 bits per heavy atom. The van der Waals surface area contributed by atoms with Crippen molar-refractivity contribution in [3.8, 4) is 0 Å². The molecule has 0 saturated heterocycles. The summed E-state index contributed by atoms with van der Waals surface area (Å²) in [4.78, 5) is 2.72. The zero-order chi connectivity index (χ0) is 13.1. The molecule has 2 nitrogen and oxygen atoms in total. The quantitative estimate of drug-likeness (QED) is 0.739. The van der Waals surface area contributed by atoms with Crippen LogP contribution >= 0.6 is 0 Å². The predicted octanol–water partition coefficient (Wildman–Crippen LogP) is 3.40. The number of unbranched alkanes of at least 4 members (excludes halogenated alkanes) is 1. The van der Waals surface area contributed by atoms with Crippen molar-refractivity contribution in [1.82, 2.24) is 4.90 Å². The van der Waals surface area contributed by atoms with Gasteiger partial charge in [0.1, 0.15) is 0 Å². The van der Waals surface area contributed by atoms with E-state index in [1.807, 2.05) is 0 Å². The van der Waals surface area contributed by atoms with Crippen LogP contribution < -0.4 is 5.73 Å². The van der Waals surface area contributed by atoms with Crippen LogP contribution in [0.2, 0.25) is 0 Å². The number of hydrogen-bond acceptors (Lipinski definition) is 2. The lowest BCUT2D eigenvalue weighted by molar-refractivity contribution is 0.0676. The largest absolute Gasteiger partial charge is 0.326 e. The van der Waals surface area contributed by atoms with Crippen molar-refractivity contribution in [2.45, 2.75) is 84.8 Å². The summed E-state index contributed by atoms with van der Waals surface area (Å²) in [6.45, 7) is 12.7. The van der Waals surface area contributed by atoms with Crippen molar-refractivity contribution in [3.05, 3.63) is 0 Å². The molecule has 1 aliphatic carbocycles. The van der Waals surface area contributed by atoms with Crippen LogP contribution in [0.3, 0.4) is 0 Å². The van der Waals surface area contributed by atoms with Gasteiger partial charge in [-0.25, -0.2) is 0 Å². The second kappa shape index (κ2) is 6.19. The summed E-state index contributed by atoms with van der Waals surface area (Å²) in [5.74, 6) is 0. The fourth-order valence-corrected chi connectivity index (χ4v) is 2.90. The van der Waals surface area contributed by atoms with E-state index in [1.54, 1.807) is 0 Å². The first kappa shape index (κ1) is 15.0.